The molecule has 0 bridgehead atoms. The summed E-state index contributed by atoms with van der Waals surface area (Å²) in [4.78, 5) is 12.6. The molecule has 0 N–H and O–H groups in total. The molecule has 1 heterocycles. The first-order chi connectivity index (χ1) is 11.8. The summed E-state index contributed by atoms with van der Waals surface area (Å²) in [7, 11) is -7.29. The Balaban J connectivity index is 1.74. The van der Waals surface area contributed by atoms with Gasteiger partial charge in [-0.2, -0.15) is 0 Å². The van der Waals surface area contributed by atoms with Gasteiger partial charge in [-0.25, -0.2) is 21.1 Å². The summed E-state index contributed by atoms with van der Waals surface area (Å²) in [5.41, 5.74) is 0.823. The lowest BCUT2D eigenvalue weighted by Crippen LogP contribution is -2.42. The molecule has 1 amide bonds. The van der Waals surface area contributed by atoms with E-state index < -0.39 is 25.8 Å². The van der Waals surface area contributed by atoms with Gasteiger partial charge in [0, 0.05) is 12.1 Å². The number of sulfonamides is 1. The molecule has 0 fully saturated rings. The molecular weight excluding hydrogens is 362 g/mol. The van der Waals surface area contributed by atoms with Crippen molar-refractivity contribution in [3.05, 3.63) is 65.7 Å². The monoisotopic (exact) mass is 379 g/mol. The molecule has 0 spiro atoms. The number of fused-ring (bicyclic) bond motifs is 1. The lowest BCUT2D eigenvalue weighted by atomic mass is 10.1. The van der Waals surface area contributed by atoms with E-state index in [2.05, 4.69) is 0 Å². The van der Waals surface area contributed by atoms with Crippen molar-refractivity contribution in [2.24, 2.45) is 0 Å². The molecule has 132 valence electrons. The molecule has 1 aliphatic heterocycles. The highest BCUT2D eigenvalue weighted by atomic mass is 32.2. The predicted octanol–water partition coefficient (Wildman–Crippen LogP) is 1.84. The topological polar surface area (TPSA) is 88.6 Å². The van der Waals surface area contributed by atoms with Crippen LogP contribution in [0.4, 0.5) is 0 Å². The number of nitrogens with zero attached hydrogens (tertiary/aromatic N) is 1. The Bertz CT molecular complexity index is 998. The Kier molecular flexibility index (Phi) is 4.66. The van der Waals surface area contributed by atoms with E-state index in [1.807, 2.05) is 0 Å². The zero-order valence-corrected chi connectivity index (χ0v) is 15.0. The van der Waals surface area contributed by atoms with Crippen LogP contribution in [0.3, 0.4) is 0 Å². The molecular formula is C17H17NO5S2. The van der Waals surface area contributed by atoms with Gasteiger partial charge >= 0.3 is 0 Å². The fraction of sp³-hybridized carbons (Fsp3) is 0.235. The molecule has 8 heteroatoms. The average molecular weight is 379 g/mol. The molecule has 2 aromatic rings. The number of benzene rings is 2. The van der Waals surface area contributed by atoms with Crippen LogP contribution < -0.4 is 0 Å². The minimum atomic E-state index is -3.78. The first-order valence-corrected chi connectivity index (χ1v) is 11.0. The third-order valence-electron chi connectivity index (χ3n) is 4.02. The summed E-state index contributed by atoms with van der Waals surface area (Å²) >= 11 is 0. The zero-order chi connectivity index (χ0) is 18.1. The highest BCUT2D eigenvalue weighted by Gasteiger charge is 2.35. The van der Waals surface area contributed by atoms with Crippen LogP contribution in [0.1, 0.15) is 22.3 Å². The maximum absolute atomic E-state index is 12.5. The van der Waals surface area contributed by atoms with E-state index in [4.69, 9.17) is 0 Å². The number of carbonyl (C=O) groups excluding carboxylic acids is 1. The first-order valence-electron chi connectivity index (χ1n) is 7.72. The maximum atomic E-state index is 12.5. The molecule has 0 saturated heterocycles. The molecule has 3 rings (SSSR count). The quantitative estimate of drug-likeness (QED) is 0.791. The van der Waals surface area contributed by atoms with Gasteiger partial charge in [0.25, 0.3) is 5.91 Å². The van der Waals surface area contributed by atoms with Crippen LogP contribution in [0.15, 0.2) is 59.5 Å². The lowest BCUT2D eigenvalue weighted by Gasteiger charge is -2.28. The van der Waals surface area contributed by atoms with Gasteiger partial charge in [0.2, 0.25) is 10.0 Å². The summed E-state index contributed by atoms with van der Waals surface area (Å²) < 4.78 is 50.0. The fourth-order valence-corrected chi connectivity index (χ4v) is 5.65. The van der Waals surface area contributed by atoms with E-state index in [9.17, 15) is 21.6 Å². The van der Waals surface area contributed by atoms with E-state index in [1.165, 1.54) is 12.1 Å². The molecule has 0 saturated carbocycles. The first kappa shape index (κ1) is 17.6. The van der Waals surface area contributed by atoms with Gasteiger partial charge in [0.05, 0.1) is 16.4 Å². The molecule has 0 radical (unpaired) electrons. The van der Waals surface area contributed by atoms with Crippen molar-refractivity contribution in [3.63, 3.8) is 0 Å². The summed E-state index contributed by atoms with van der Waals surface area (Å²) in [6.45, 7) is -0.151. The molecule has 25 heavy (non-hydrogen) atoms. The Morgan fingerprint density at radius 2 is 1.60 bits per heavy atom. The van der Waals surface area contributed by atoms with E-state index in [0.29, 0.717) is 11.1 Å². The lowest BCUT2D eigenvalue weighted by molar-refractivity contribution is 0.0856. The van der Waals surface area contributed by atoms with Crippen LogP contribution in [0.2, 0.25) is 0 Å². The third kappa shape index (κ3) is 3.59. The van der Waals surface area contributed by atoms with Gasteiger partial charge in [-0.15, -0.1) is 0 Å². The van der Waals surface area contributed by atoms with E-state index in [1.54, 1.807) is 42.5 Å². The number of rotatable bonds is 5. The van der Waals surface area contributed by atoms with Crippen molar-refractivity contribution in [1.82, 2.24) is 4.31 Å². The number of carbonyl (C=O) groups is 1. The van der Waals surface area contributed by atoms with Gasteiger partial charge in [0.15, 0.2) is 9.84 Å². The van der Waals surface area contributed by atoms with Gasteiger partial charge in [-0.3, -0.25) is 4.79 Å². The van der Waals surface area contributed by atoms with Gasteiger partial charge < -0.3 is 0 Å². The molecule has 0 aromatic heterocycles. The van der Waals surface area contributed by atoms with E-state index in [-0.39, 0.29) is 29.4 Å². The number of hydrogen-bond acceptors (Lipinski definition) is 5. The van der Waals surface area contributed by atoms with Crippen molar-refractivity contribution < 1.29 is 21.6 Å². The second-order valence-electron chi connectivity index (χ2n) is 5.78. The SMILES string of the molecule is O=C1c2ccccc2CS(=O)(=O)N1CCCS(=O)(=O)c1ccccc1. The average Bonchev–Trinajstić information content (AvgIpc) is 2.58. The van der Waals surface area contributed by atoms with Crippen LogP contribution in [0.5, 0.6) is 0 Å². The second kappa shape index (κ2) is 6.61. The predicted molar refractivity (Wildman–Crippen MR) is 93.2 cm³/mol. The van der Waals surface area contributed by atoms with Gasteiger partial charge in [-0.1, -0.05) is 36.4 Å². The third-order valence-corrected chi connectivity index (χ3v) is 7.54. The normalized spacial score (nSPS) is 16.5. The van der Waals surface area contributed by atoms with Crippen molar-refractivity contribution in [3.8, 4) is 0 Å². The smallest absolute Gasteiger partial charge is 0.267 e. The van der Waals surface area contributed by atoms with Crippen molar-refractivity contribution >= 4 is 25.8 Å². The summed E-state index contributed by atoms with van der Waals surface area (Å²) in [6, 6.07) is 14.5. The molecule has 0 aliphatic carbocycles. The number of sulfone groups is 1. The second-order valence-corrected chi connectivity index (χ2v) is 9.78. The standard InChI is InChI=1S/C17H17NO5S2/c19-17-16-10-5-4-7-14(16)13-25(22,23)18(17)11-6-12-24(20,21)15-8-2-1-3-9-15/h1-5,7-10H,6,11-13H2. The van der Waals surface area contributed by atoms with Crippen LogP contribution in [0.25, 0.3) is 0 Å². The summed E-state index contributed by atoms with van der Waals surface area (Å²) in [6.07, 6.45) is 0.0460. The Labute approximate surface area is 147 Å². The zero-order valence-electron chi connectivity index (χ0n) is 13.3. The van der Waals surface area contributed by atoms with Crippen molar-refractivity contribution in [2.75, 3.05) is 12.3 Å². The number of hydrogen-bond donors (Lipinski definition) is 0. The van der Waals surface area contributed by atoms with Crippen LogP contribution in [-0.4, -0.2) is 39.3 Å². The van der Waals surface area contributed by atoms with Crippen LogP contribution in [0, 0.1) is 0 Å². The van der Waals surface area contributed by atoms with E-state index in [0.717, 1.165) is 4.31 Å². The minimum absolute atomic E-state index is 0.0460. The highest BCUT2D eigenvalue weighted by molar-refractivity contribution is 7.91. The Morgan fingerprint density at radius 3 is 2.32 bits per heavy atom. The van der Waals surface area contributed by atoms with Crippen LogP contribution in [-0.2, 0) is 25.6 Å². The molecule has 6 nitrogen and oxygen atoms in total. The maximum Gasteiger partial charge on any atom is 0.267 e. The molecule has 1 aliphatic rings. The largest absolute Gasteiger partial charge is 0.268 e. The summed E-state index contributed by atoms with van der Waals surface area (Å²) in [5.74, 6) is -1.07. The van der Waals surface area contributed by atoms with Gasteiger partial charge in [-0.05, 0) is 30.2 Å². The van der Waals surface area contributed by atoms with Gasteiger partial charge in [0.1, 0.15) is 0 Å². The fourth-order valence-electron chi connectivity index (χ4n) is 2.77. The molecule has 2 aromatic carbocycles. The van der Waals surface area contributed by atoms with E-state index >= 15 is 0 Å². The van der Waals surface area contributed by atoms with Crippen molar-refractivity contribution in [2.45, 2.75) is 17.1 Å². The highest BCUT2D eigenvalue weighted by Crippen LogP contribution is 2.25. The molecule has 0 atom stereocenters. The Hall–Kier alpha value is -2.19. The summed E-state index contributed by atoms with van der Waals surface area (Å²) in [5, 5.41) is 0. The van der Waals surface area contributed by atoms with Crippen molar-refractivity contribution in [1.29, 1.82) is 0 Å². The minimum Gasteiger partial charge on any atom is -0.268 e. The number of amides is 1. The Morgan fingerprint density at radius 1 is 0.960 bits per heavy atom. The van der Waals surface area contributed by atoms with Crippen LogP contribution >= 0.6 is 0 Å². The molecule has 0 unspecified atom stereocenters.